The first-order valence-corrected chi connectivity index (χ1v) is 12.3. The molecule has 1 aliphatic heterocycles. The Morgan fingerprint density at radius 3 is 2.16 bits per heavy atom. The van der Waals surface area contributed by atoms with E-state index in [9.17, 15) is 22.4 Å². The summed E-state index contributed by atoms with van der Waals surface area (Å²) in [7, 11) is 0. The van der Waals surface area contributed by atoms with E-state index in [0.29, 0.717) is 37.6 Å². The molecular weight excluding hydrogens is 490 g/mol. The highest BCUT2D eigenvalue weighted by molar-refractivity contribution is 5.68. The maximum Gasteiger partial charge on any atom is 0.415 e. The number of hydrogen-bond donors (Lipinski definition) is 0. The number of halogens is 4. The van der Waals surface area contributed by atoms with Crippen LogP contribution in [0.1, 0.15) is 53.5 Å². The van der Waals surface area contributed by atoms with Crippen molar-refractivity contribution in [3.63, 3.8) is 0 Å². The Morgan fingerprint density at radius 2 is 1.65 bits per heavy atom. The highest BCUT2D eigenvalue weighted by Gasteiger charge is 2.34. The predicted molar refractivity (Wildman–Crippen MR) is 135 cm³/mol. The average molecular weight is 528 g/mol. The highest BCUT2D eigenvalue weighted by atomic mass is 19.4. The molecule has 0 aliphatic carbocycles. The van der Waals surface area contributed by atoms with Crippen LogP contribution in [0.15, 0.2) is 52.5 Å². The van der Waals surface area contributed by atoms with Gasteiger partial charge in [0.15, 0.2) is 0 Å². The van der Waals surface area contributed by atoms with Crippen molar-refractivity contribution in [2.45, 2.75) is 66.3 Å². The third-order valence-electron chi connectivity index (χ3n) is 5.72. The number of amides is 1. The van der Waals surface area contributed by atoms with E-state index >= 15 is 0 Å². The van der Waals surface area contributed by atoms with E-state index in [1.807, 2.05) is 18.7 Å². The summed E-state index contributed by atoms with van der Waals surface area (Å²) < 4.78 is 65.3. The Balaban J connectivity index is 2.33. The number of allylic oxidation sites excluding steroid dienone is 2. The largest absolute Gasteiger partial charge is 0.488 e. The number of benzene rings is 1. The van der Waals surface area contributed by atoms with Gasteiger partial charge in [0.05, 0.1) is 5.57 Å². The fourth-order valence-corrected chi connectivity index (χ4v) is 3.22. The normalized spacial score (nSPS) is 17.1. The van der Waals surface area contributed by atoms with Gasteiger partial charge in [-0.25, -0.2) is 14.2 Å². The zero-order valence-corrected chi connectivity index (χ0v) is 22.4. The molecule has 0 aromatic heterocycles. The molecule has 1 saturated heterocycles. The van der Waals surface area contributed by atoms with Gasteiger partial charge in [0.2, 0.25) is 0 Å². The van der Waals surface area contributed by atoms with Gasteiger partial charge in [-0.1, -0.05) is 26.0 Å². The van der Waals surface area contributed by atoms with Crippen LogP contribution in [-0.4, -0.2) is 60.1 Å². The van der Waals surface area contributed by atoms with Gasteiger partial charge < -0.3 is 19.3 Å². The lowest BCUT2D eigenvalue weighted by Crippen LogP contribution is -2.49. The monoisotopic (exact) mass is 527 g/mol. The quantitative estimate of drug-likeness (QED) is 0.164. The minimum absolute atomic E-state index is 0.114. The number of ether oxygens (including phenoxy) is 2. The van der Waals surface area contributed by atoms with Crippen molar-refractivity contribution in [2.24, 2.45) is 10.9 Å². The summed E-state index contributed by atoms with van der Waals surface area (Å²) in [5.41, 5.74) is -1.01. The molecular formula is C27H37F4N3O3. The topological polar surface area (TPSA) is 54.4 Å². The second-order valence-electron chi connectivity index (χ2n) is 10.0. The Labute approximate surface area is 216 Å². The molecule has 37 heavy (non-hydrogen) atoms. The van der Waals surface area contributed by atoms with Gasteiger partial charge in [-0.3, -0.25) is 0 Å². The number of rotatable bonds is 8. The van der Waals surface area contributed by atoms with E-state index in [4.69, 9.17) is 9.47 Å². The van der Waals surface area contributed by atoms with Gasteiger partial charge in [-0.15, -0.1) is 0 Å². The smallest absolute Gasteiger partial charge is 0.415 e. The predicted octanol–water partition coefficient (Wildman–Crippen LogP) is 6.69. The van der Waals surface area contributed by atoms with E-state index in [1.54, 1.807) is 31.9 Å². The summed E-state index contributed by atoms with van der Waals surface area (Å²) in [6, 6.07) is 5.36. The van der Waals surface area contributed by atoms with E-state index in [-0.39, 0.29) is 18.3 Å². The number of nitrogens with zero attached hydrogens (tertiary/aromatic N) is 3. The van der Waals surface area contributed by atoms with Crippen LogP contribution in [0.25, 0.3) is 0 Å². The molecule has 0 spiro atoms. The molecule has 1 aromatic carbocycles. The van der Waals surface area contributed by atoms with Crippen LogP contribution in [0.4, 0.5) is 22.4 Å². The van der Waals surface area contributed by atoms with Crippen molar-refractivity contribution in [2.75, 3.05) is 26.2 Å². The van der Waals surface area contributed by atoms with E-state index in [0.717, 1.165) is 13.3 Å². The highest BCUT2D eigenvalue weighted by Crippen LogP contribution is 2.30. The summed E-state index contributed by atoms with van der Waals surface area (Å²) >= 11 is 0. The molecule has 1 fully saturated rings. The second kappa shape index (κ2) is 13.0. The van der Waals surface area contributed by atoms with Crippen molar-refractivity contribution in [1.82, 2.24) is 9.80 Å². The summed E-state index contributed by atoms with van der Waals surface area (Å²) in [5, 5.41) is 0. The van der Waals surface area contributed by atoms with E-state index < -0.39 is 29.3 Å². The molecule has 1 unspecified atom stereocenters. The van der Waals surface area contributed by atoms with Gasteiger partial charge >= 0.3 is 12.3 Å². The lowest BCUT2D eigenvalue weighted by Gasteiger charge is -2.36. The van der Waals surface area contributed by atoms with Crippen LogP contribution in [0.2, 0.25) is 0 Å². The van der Waals surface area contributed by atoms with Crippen LogP contribution in [-0.2, 0) is 16.1 Å². The Bertz CT molecular complexity index is 988. The first-order chi connectivity index (χ1) is 17.2. The summed E-state index contributed by atoms with van der Waals surface area (Å²) in [6.45, 7) is 11.5. The average Bonchev–Trinajstić information content (AvgIpc) is 2.82. The zero-order chi connectivity index (χ0) is 27.8. The Hall–Kier alpha value is -3.04. The van der Waals surface area contributed by atoms with Crippen LogP contribution in [0, 0.1) is 11.7 Å². The first kappa shape index (κ1) is 30.2. The molecule has 1 heterocycles. The van der Waals surface area contributed by atoms with Gasteiger partial charge in [0.25, 0.3) is 0 Å². The van der Waals surface area contributed by atoms with Crippen LogP contribution >= 0.6 is 0 Å². The summed E-state index contributed by atoms with van der Waals surface area (Å²) in [6.07, 6.45) is -1.25. The SMILES string of the molecule is CCC(C)/C=N/C(=C\C(OCc1ccc(F)cc1)=C(/C)C(F)(F)F)N1CCN(C(=O)OC(C)(C)C)CC1. The molecule has 206 valence electrons. The van der Waals surface area contributed by atoms with E-state index in [2.05, 4.69) is 4.99 Å². The number of aliphatic imine (C=N–C) groups is 1. The minimum Gasteiger partial charge on any atom is -0.488 e. The molecule has 1 amide bonds. The molecule has 1 aliphatic rings. The maximum atomic E-state index is 13.7. The van der Waals surface area contributed by atoms with E-state index in [1.165, 1.54) is 30.3 Å². The molecule has 0 saturated carbocycles. The van der Waals surface area contributed by atoms with Crippen molar-refractivity contribution in [3.05, 3.63) is 58.9 Å². The van der Waals surface area contributed by atoms with Gasteiger partial charge in [0.1, 0.15) is 29.6 Å². The fraction of sp³-hybridized carbons (Fsp3) is 0.556. The third-order valence-corrected chi connectivity index (χ3v) is 5.72. The number of alkyl halides is 3. The number of piperazine rings is 1. The number of carbonyl (C=O) groups is 1. The fourth-order valence-electron chi connectivity index (χ4n) is 3.22. The lowest BCUT2D eigenvalue weighted by atomic mass is 10.1. The number of carbonyl (C=O) groups excluding carboxylic acids is 1. The van der Waals surface area contributed by atoms with Crippen LogP contribution in [0.5, 0.6) is 0 Å². The Morgan fingerprint density at radius 1 is 1.08 bits per heavy atom. The maximum absolute atomic E-state index is 13.7. The molecule has 2 rings (SSSR count). The molecule has 6 nitrogen and oxygen atoms in total. The van der Waals surface area contributed by atoms with Crippen LogP contribution < -0.4 is 0 Å². The van der Waals surface area contributed by atoms with Crippen molar-refractivity contribution < 1.29 is 31.8 Å². The molecule has 0 radical (unpaired) electrons. The van der Waals surface area contributed by atoms with Gasteiger partial charge in [-0.2, -0.15) is 13.2 Å². The van der Waals surface area contributed by atoms with Gasteiger partial charge in [-0.05, 0) is 57.7 Å². The molecule has 0 N–H and O–H groups in total. The zero-order valence-electron chi connectivity index (χ0n) is 22.4. The first-order valence-electron chi connectivity index (χ1n) is 12.3. The summed E-state index contributed by atoms with van der Waals surface area (Å²) in [5.74, 6) is -0.398. The molecule has 10 heteroatoms. The Kier molecular flexibility index (Phi) is 10.6. The molecule has 1 atom stereocenters. The molecule has 1 aromatic rings. The van der Waals surface area contributed by atoms with Crippen molar-refractivity contribution in [3.8, 4) is 0 Å². The van der Waals surface area contributed by atoms with Gasteiger partial charge in [0, 0.05) is 38.5 Å². The van der Waals surface area contributed by atoms with Crippen molar-refractivity contribution in [1.29, 1.82) is 0 Å². The van der Waals surface area contributed by atoms with Crippen molar-refractivity contribution >= 4 is 12.3 Å². The molecule has 0 bridgehead atoms. The minimum atomic E-state index is -4.62. The lowest BCUT2D eigenvalue weighted by molar-refractivity contribution is -0.0947. The van der Waals surface area contributed by atoms with Crippen LogP contribution in [0.3, 0.4) is 0 Å². The standard InChI is InChI=1S/C27H37F4N3O3/c1-7-19(2)17-32-24(33-12-14-34(15-13-33)25(35)37-26(4,5)6)16-23(20(3)27(29,30)31)36-18-21-8-10-22(28)11-9-21/h8-11,16-17,19H,7,12-15,18H2,1-6H3/b23-20-,24-16+,32-17+. The number of hydrogen-bond acceptors (Lipinski definition) is 5. The second-order valence-corrected chi connectivity index (χ2v) is 10.0. The summed E-state index contributed by atoms with van der Waals surface area (Å²) in [4.78, 5) is 20.3. The third kappa shape index (κ3) is 10.1.